The van der Waals surface area contributed by atoms with Crippen molar-refractivity contribution in [3.8, 4) is 11.8 Å². The highest BCUT2D eigenvalue weighted by molar-refractivity contribution is 5.94. The lowest BCUT2D eigenvalue weighted by Crippen LogP contribution is -2.33. The first-order valence-electron chi connectivity index (χ1n) is 6.66. The van der Waals surface area contributed by atoms with E-state index in [0.717, 1.165) is 12.4 Å². The minimum Gasteiger partial charge on any atom is -0.493 e. The molecule has 0 radical (unpaired) electrons. The molecule has 19 heavy (non-hydrogen) atoms. The number of amides is 1. The number of rotatable bonds is 6. The molecule has 0 spiro atoms. The molecule has 1 saturated carbocycles. The molecule has 1 fully saturated rings. The van der Waals surface area contributed by atoms with E-state index in [2.05, 4.69) is 5.32 Å². The van der Waals surface area contributed by atoms with Crippen molar-refractivity contribution in [1.29, 1.82) is 5.26 Å². The molecule has 1 aliphatic carbocycles. The molecular formula is C15H18N2O2. The highest BCUT2D eigenvalue weighted by atomic mass is 16.5. The molecule has 0 unspecified atom stereocenters. The van der Waals surface area contributed by atoms with E-state index in [1.54, 1.807) is 24.3 Å². The Morgan fingerprint density at radius 2 is 2.16 bits per heavy atom. The van der Waals surface area contributed by atoms with Crippen LogP contribution in [0.2, 0.25) is 0 Å². The van der Waals surface area contributed by atoms with Gasteiger partial charge in [0.2, 0.25) is 0 Å². The van der Waals surface area contributed by atoms with E-state index in [-0.39, 0.29) is 5.91 Å². The minimum atomic E-state index is -0.432. The minimum absolute atomic E-state index is 0.220. The van der Waals surface area contributed by atoms with Crippen molar-refractivity contribution in [1.82, 2.24) is 5.32 Å². The maximum Gasteiger partial charge on any atom is 0.252 e. The van der Waals surface area contributed by atoms with Crippen LogP contribution in [0.15, 0.2) is 24.3 Å². The first-order valence-corrected chi connectivity index (χ1v) is 6.66. The predicted octanol–water partition coefficient (Wildman–Crippen LogP) is 2.51. The van der Waals surface area contributed by atoms with E-state index in [4.69, 9.17) is 10.00 Å². The Morgan fingerprint density at radius 1 is 1.47 bits per heavy atom. The van der Waals surface area contributed by atoms with Crippen molar-refractivity contribution >= 4 is 5.91 Å². The van der Waals surface area contributed by atoms with Gasteiger partial charge in [-0.1, -0.05) is 6.92 Å². The van der Waals surface area contributed by atoms with Crippen LogP contribution in [0.5, 0.6) is 5.75 Å². The quantitative estimate of drug-likeness (QED) is 0.852. The summed E-state index contributed by atoms with van der Waals surface area (Å²) in [4.78, 5) is 11.9. The van der Waals surface area contributed by atoms with Gasteiger partial charge >= 0.3 is 0 Å². The lowest BCUT2D eigenvalue weighted by molar-refractivity contribution is 0.0944. The average Bonchev–Trinajstić information content (AvgIpc) is 3.27. The summed E-state index contributed by atoms with van der Waals surface area (Å²) in [6.07, 6.45) is 3.12. The van der Waals surface area contributed by atoms with Crippen LogP contribution >= 0.6 is 0 Å². The first kappa shape index (κ1) is 13.4. The number of carbonyl (C=O) groups is 1. The number of nitrogens with one attached hydrogen (secondary N) is 1. The molecule has 100 valence electrons. The monoisotopic (exact) mass is 258 g/mol. The topological polar surface area (TPSA) is 62.1 Å². The third kappa shape index (κ3) is 3.99. The molecule has 0 saturated heterocycles. The molecule has 1 atom stereocenters. The summed E-state index contributed by atoms with van der Waals surface area (Å²) in [5.41, 5.74) is 0.549. The summed E-state index contributed by atoms with van der Waals surface area (Å²) in [5.74, 6) is 1.28. The lowest BCUT2D eigenvalue weighted by atomic mass is 10.1. The van der Waals surface area contributed by atoms with Crippen LogP contribution in [0.25, 0.3) is 0 Å². The molecule has 1 amide bonds. The average molecular weight is 258 g/mol. The van der Waals surface area contributed by atoms with E-state index in [0.29, 0.717) is 17.9 Å². The van der Waals surface area contributed by atoms with Crippen LogP contribution in [0, 0.1) is 17.2 Å². The van der Waals surface area contributed by atoms with Gasteiger partial charge in [0.15, 0.2) is 0 Å². The van der Waals surface area contributed by atoms with Gasteiger partial charge in [-0.05, 0) is 49.4 Å². The summed E-state index contributed by atoms with van der Waals surface area (Å²) in [5, 5.41) is 11.5. The summed E-state index contributed by atoms with van der Waals surface area (Å²) in [7, 11) is 0. The fourth-order valence-electron chi connectivity index (χ4n) is 1.67. The molecule has 1 aromatic rings. The van der Waals surface area contributed by atoms with Crippen LogP contribution in [0.3, 0.4) is 0 Å². The second kappa shape index (κ2) is 6.24. The number of hydrogen-bond donors (Lipinski definition) is 1. The van der Waals surface area contributed by atoms with Crippen LogP contribution in [0.4, 0.5) is 0 Å². The number of hydrogen-bond acceptors (Lipinski definition) is 3. The highest BCUT2D eigenvalue weighted by Gasteiger charge is 2.21. The summed E-state index contributed by atoms with van der Waals surface area (Å²) >= 11 is 0. The Kier molecular flexibility index (Phi) is 4.40. The zero-order valence-corrected chi connectivity index (χ0v) is 11.1. The van der Waals surface area contributed by atoms with Gasteiger partial charge < -0.3 is 10.1 Å². The van der Waals surface area contributed by atoms with Crippen LogP contribution in [-0.2, 0) is 0 Å². The predicted molar refractivity (Wildman–Crippen MR) is 71.8 cm³/mol. The van der Waals surface area contributed by atoms with Gasteiger partial charge in [0.25, 0.3) is 5.91 Å². The van der Waals surface area contributed by atoms with Gasteiger partial charge in [0.05, 0.1) is 12.7 Å². The maximum atomic E-state index is 11.9. The first-order chi connectivity index (χ1) is 9.22. The third-order valence-electron chi connectivity index (χ3n) is 3.17. The fraction of sp³-hybridized carbons (Fsp3) is 0.467. The van der Waals surface area contributed by atoms with Crippen molar-refractivity contribution in [3.63, 3.8) is 0 Å². The van der Waals surface area contributed by atoms with Gasteiger partial charge in [0, 0.05) is 5.56 Å². The Hall–Kier alpha value is -2.02. The van der Waals surface area contributed by atoms with Crippen molar-refractivity contribution < 1.29 is 9.53 Å². The van der Waals surface area contributed by atoms with Crippen LogP contribution in [-0.4, -0.2) is 18.6 Å². The molecule has 2 rings (SSSR count). The SMILES string of the molecule is CC[C@@H](C#N)NC(=O)c1ccc(OCC2CC2)cc1. The zero-order chi connectivity index (χ0) is 13.7. The summed E-state index contributed by atoms with van der Waals surface area (Å²) in [6, 6.07) is 8.65. The standard InChI is InChI=1S/C15H18N2O2/c1-2-13(9-16)17-15(18)12-5-7-14(8-6-12)19-10-11-3-4-11/h5-8,11,13H,2-4,10H2,1H3,(H,17,18)/t13-/m0/s1. The summed E-state index contributed by atoms with van der Waals surface area (Å²) < 4.78 is 5.60. The Bertz CT molecular complexity index is 472. The van der Waals surface area contributed by atoms with Gasteiger partial charge in [-0.15, -0.1) is 0 Å². The Labute approximate surface area is 113 Å². The fourth-order valence-corrected chi connectivity index (χ4v) is 1.67. The molecular weight excluding hydrogens is 240 g/mol. The zero-order valence-electron chi connectivity index (χ0n) is 11.1. The molecule has 4 nitrogen and oxygen atoms in total. The lowest BCUT2D eigenvalue weighted by Gasteiger charge is -2.10. The third-order valence-corrected chi connectivity index (χ3v) is 3.17. The number of nitriles is 1. The van der Waals surface area contributed by atoms with Crippen molar-refractivity contribution in [2.45, 2.75) is 32.2 Å². The van der Waals surface area contributed by atoms with Gasteiger partial charge in [0.1, 0.15) is 11.8 Å². The maximum absolute atomic E-state index is 11.9. The Morgan fingerprint density at radius 3 is 2.68 bits per heavy atom. The highest BCUT2D eigenvalue weighted by Crippen LogP contribution is 2.29. The number of benzene rings is 1. The van der Waals surface area contributed by atoms with E-state index < -0.39 is 6.04 Å². The normalized spacial score (nSPS) is 15.4. The molecule has 1 aromatic carbocycles. The molecule has 0 heterocycles. The molecule has 4 heteroatoms. The Balaban J connectivity index is 1.89. The summed E-state index contributed by atoms with van der Waals surface area (Å²) in [6.45, 7) is 2.63. The number of nitrogens with zero attached hydrogens (tertiary/aromatic N) is 1. The number of carbonyl (C=O) groups excluding carboxylic acids is 1. The van der Waals surface area contributed by atoms with Gasteiger partial charge in [-0.2, -0.15) is 5.26 Å². The van der Waals surface area contributed by atoms with E-state index in [9.17, 15) is 4.79 Å². The van der Waals surface area contributed by atoms with Crippen LogP contribution in [0.1, 0.15) is 36.5 Å². The smallest absolute Gasteiger partial charge is 0.252 e. The molecule has 0 aliphatic heterocycles. The van der Waals surface area contributed by atoms with Gasteiger partial charge in [-0.3, -0.25) is 4.79 Å². The second-order valence-corrected chi connectivity index (χ2v) is 4.84. The second-order valence-electron chi connectivity index (χ2n) is 4.84. The molecule has 0 bridgehead atoms. The largest absolute Gasteiger partial charge is 0.493 e. The van der Waals surface area contributed by atoms with E-state index in [1.165, 1.54) is 12.8 Å². The van der Waals surface area contributed by atoms with Gasteiger partial charge in [-0.25, -0.2) is 0 Å². The molecule has 0 aromatic heterocycles. The van der Waals surface area contributed by atoms with E-state index >= 15 is 0 Å². The van der Waals surface area contributed by atoms with E-state index in [1.807, 2.05) is 13.0 Å². The molecule has 1 N–H and O–H groups in total. The van der Waals surface area contributed by atoms with Crippen LogP contribution < -0.4 is 10.1 Å². The van der Waals surface area contributed by atoms with Crippen molar-refractivity contribution in [2.24, 2.45) is 5.92 Å². The molecule has 1 aliphatic rings. The van der Waals surface area contributed by atoms with Crippen molar-refractivity contribution in [2.75, 3.05) is 6.61 Å². The number of ether oxygens (including phenoxy) is 1. The van der Waals surface area contributed by atoms with Crippen molar-refractivity contribution in [3.05, 3.63) is 29.8 Å².